The number of anilines is 3. The first-order valence-electron chi connectivity index (χ1n) is 12.2. The lowest BCUT2D eigenvalue weighted by Gasteiger charge is -2.37. The van der Waals surface area contributed by atoms with E-state index in [1.165, 1.54) is 10.7 Å². The van der Waals surface area contributed by atoms with Crippen LogP contribution in [0.3, 0.4) is 0 Å². The Kier molecular flexibility index (Phi) is 5.19. The van der Waals surface area contributed by atoms with Gasteiger partial charge >= 0.3 is 0 Å². The summed E-state index contributed by atoms with van der Waals surface area (Å²) in [4.78, 5) is 19.6. The average Bonchev–Trinajstić information content (AvgIpc) is 3.52. The number of carbonyl (C=O) groups excluding carboxylic acids is 1. The van der Waals surface area contributed by atoms with E-state index >= 15 is 0 Å². The number of fused-ring (bicyclic) bond motifs is 2. The monoisotopic (exact) mass is 486 g/mol. The van der Waals surface area contributed by atoms with Crippen molar-refractivity contribution >= 4 is 39.6 Å². The molecule has 4 heterocycles. The summed E-state index contributed by atoms with van der Waals surface area (Å²) in [5.74, 6) is -0.268. The lowest BCUT2D eigenvalue weighted by molar-refractivity contribution is 0.0876. The van der Waals surface area contributed by atoms with Crippen molar-refractivity contribution in [1.29, 1.82) is 5.26 Å². The summed E-state index contributed by atoms with van der Waals surface area (Å²) in [6.07, 6.45) is 5.13. The van der Waals surface area contributed by atoms with Crippen LogP contribution in [0.25, 0.3) is 16.6 Å². The molecule has 4 aromatic rings. The Morgan fingerprint density at radius 1 is 1.19 bits per heavy atom. The molecule has 1 aliphatic heterocycles. The van der Waals surface area contributed by atoms with Crippen molar-refractivity contribution < 1.29 is 9.18 Å². The van der Waals surface area contributed by atoms with E-state index in [1.54, 1.807) is 23.7 Å². The summed E-state index contributed by atoms with van der Waals surface area (Å²) in [5.41, 5.74) is 3.27. The Morgan fingerprint density at radius 3 is 2.64 bits per heavy atom. The van der Waals surface area contributed by atoms with E-state index < -0.39 is 5.82 Å². The zero-order valence-electron chi connectivity index (χ0n) is 20.4. The highest BCUT2D eigenvalue weighted by molar-refractivity contribution is 6.03. The van der Waals surface area contributed by atoms with Crippen LogP contribution >= 0.6 is 0 Å². The first kappa shape index (κ1) is 22.5. The quantitative estimate of drug-likeness (QED) is 0.450. The molecule has 0 radical (unpaired) electrons. The van der Waals surface area contributed by atoms with E-state index in [1.807, 2.05) is 12.1 Å². The fraction of sp³-hybridized carbons (Fsp3) is 0.385. The van der Waals surface area contributed by atoms with Gasteiger partial charge in [0.25, 0.3) is 5.91 Å². The Morgan fingerprint density at radius 2 is 1.94 bits per heavy atom. The van der Waals surface area contributed by atoms with Gasteiger partial charge in [-0.15, -0.1) is 5.10 Å². The van der Waals surface area contributed by atoms with Crippen LogP contribution in [0.2, 0.25) is 0 Å². The van der Waals surface area contributed by atoms with Crippen LogP contribution in [0.4, 0.5) is 21.6 Å². The number of aryl methyl sites for hydroxylation is 1. The normalized spacial score (nSPS) is 20.1. The molecule has 2 aliphatic rings. The standard InChI is InChI=1S/C26H27FN8O/c1-14-10-33(11-15(2)29-14)20-6-18(9-28)23-22(8-20)35(26(36)17-4-5-17)32-24(23)31-19-7-21(27)25-30-16(3)12-34(25)13-19/h6-8,12-15,17,29H,4-5,10-11H2,1-3H3,(H,31,32)/t14-,15-/m0/s1. The molecule has 2 fully saturated rings. The van der Waals surface area contributed by atoms with E-state index in [0.29, 0.717) is 45.7 Å². The van der Waals surface area contributed by atoms with Crippen molar-refractivity contribution in [3.63, 3.8) is 0 Å². The molecule has 0 spiro atoms. The molecule has 1 aromatic carbocycles. The molecule has 2 N–H and O–H groups in total. The predicted molar refractivity (Wildman–Crippen MR) is 135 cm³/mol. The Balaban J connectivity index is 1.49. The second-order valence-corrected chi connectivity index (χ2v) is 10.1. The number of nitrogens with one attached hydrogen (secondary N) is 2. The molecule has 6 rings (SSSR count). The number of nitrogens with zero attached hydrogens (tertiary/aromatic N) is 6. The molecular weight excluding hydrogens is 459 g/mol. The van der Waals surface area contributed by atoms with Crippen molar-refractivity contribution in [1.82, 2.24) is 24.5 Å². The Bertz CT molecular complexity index is 1550. The summed E-state index contributed by atoms with van der Waals surface area (Å²) in [6.45, 7) is 7.65. The highest BCUT2D eigenvalue weighted by Gasteiger charge is 2.34. The van der Waals surface area contributed by atoms with Gasteiger partial charge in [-0.1, -0.05) is 0 Å². The zero-order chi connectivity index (χ0) is 25.1. The maximum Gasteiger partial charge on any atom is 0.250 e. The van der Waals surface area contributed by atoms with E-state index in [-0.39, 0.29) is 17.5 Å². The summed E-state index contributed by atoms with van der Waals surface area (Å²) in [6, 6.07) is 8.04. The second kappa shape index (κ2) is 8.31. The second-order valence-electron chi connectivity index (χ2n) is 10.1. The third-order valence-electron chi connectivity index (χ3n) is 6.84. The van der Waals surface area contributed by atoms with Crippen LogP contribution in [0.5, 0.6) is 0 Å². The summed E-state index contributed by atoms with van der Waals surface area (Å²) >= 11 is 0. The van der Waals surface area contributed by atoms with Crippen LogP contribution in [-0.4, -0.2) is 50.2 Å². The van der Waals surface area contributed by atoms with Gasteiger partial charge in [0, 0.05) is 55.2 Å². The van der Waals surface area contributed by atoms with Crippen LogP contribution in [0.1, 0.15) is 42.7 Å². The molecule has 0 amide bonds. The van der Waals surface area contributed by atoms with E-state index in [4.69, 9.17) is 0 Å². The molecule has 36 heavy (non-hydrogen) atoms. The molecule has 184 valence electrons. The largest absolute Gasteiger partial charge is 0.368 e. The van der Waals surface area contributed by atoms with Crippen molar-refractivity contribution in [3.05, 3.63) is 47.7 Å². The van der Waals surface area contributed by atoms with Crippen molar-refractivity contribution in [2.45, 2.75) is 45.7 Å². The van der Waals surface area contributed by atoms with Crippen LogP contribution in [0, 0.1) is 30.0 Å². The van der Waals surface area contributed by atoms with Crippen molar-refractivity contribution in [3.8, 4) is 6.07 Å². The molecule has 10 heteroatoms. The van der Waals surface area contributed by atoms with Gasteiger partial charge in [0.1, 0.15) is 6.07 Å². The molecule has 2 atom stereocenters. The first-order valence-corrected chi connectivity index (χ1v) is 12.2. The van der Waals surface area contributed by atoms with E-state index in [2.05, 4.69) is 45.5 Å². The van der Waals surface area contributed by atoms with Gasteiger partial charge in [0.05, 0.1) is 27.8 Å². The Labute approximate surface area is 207 Å². The zero-order valence-corrected chi connectivity index (χ0v) is 20.4. The average molecular weight is 487 g/mol. The number of carbonyl (C=O) groups is 1. The lowest BCUT2D eigenvalue weighted by Crippen LogP contribution is -2.54. The number of piperazine rings is 1. The number of hydrogen-bond acceptors (Lipinski definition) is 7. The fourth-order valence-electron chi connectivity index (χ4n) is 5.18. The molecule has 1 saturated heterocycles. The number of nitriles is 1. The van der Waals surface area contributed by atoms with Gasteiger partial charge in [-0.2, -0.15) is 9.94 Å². The number of pyridine rings is 1. The maximum atomic E-state index is 14.7. The molecule has 1 saturated carbocycles. The molecule has 9 nitrogen and oxygen atoms in total. The van der Waals surface area contributed by atoms with Gasteiger partial charge in [-0.3, -0.25) is 4.79 Å². The predicted octanol–water partition coefficient (Wildman–Crippen LogP) is 3.98. The van der Waals surface area contributed by atoms with Crippen molar-refractivity contribution in [2.24, 2.45) is 5.92 Å². The highest BCUT2D eigenvalue weighted by Crippen LogP contribution is 2.37. The van der Waals surface area contributed by atoms with Crippen LogP contribution in [-0.2, 0) is 0 Å². The smallest absolute Gasteiger partial charge is 0.250 e. The van der Waals surface area contributed by atoms with Gasteiger partial charge in [0.15, 0.2) is 17.3 Å². The van der Waals surface area contributed by atoms with Crippen molar-refractivity contribution in [2.75, 3.05) is 23.3 Å². The third kappa shape index (κ3) is 3.85. The number of hydrogen-bond donors (Lipinski definition) is 2. The number of rotatable bonds is 4. The molecule has 1 aliphatic carbocycles. The summed E-state index contributed by atoms with van der Waals surface area (Å²) in [7, 11) is 0. The van der Waals surface area contributed by atoms with Crippen LogP contribution < -0.4 is 15.5 Å². The van der Waals surface area contributed by atoms with Gasteiger partial charge in [-0.05, 0) is 45.7 Å². The first-order chi connectivity index (χ1) is 17.3. The fourth-order valence-corrected chi connectivity index (χ4v) is 5.18. The highest BCUT2D eigenvalue weighted by atomic mass is 19.1. The molecule has 0 unspecified atom stereocenters. The minimum Gasteiger partial charge on any atom is -0.368 e. The maximum absolute atomic E-state index is 14.7. The SMILES string of the molecule is Cc1cn2cc(Nc3nn(C(=O)C4CC4)c4cc(N5C[C@H](C)N[C@@H](C)C5)cc(C#N)c34)cc(F)c2n1. The third-order valence-corrected chi connectivity index (χ3v) is 6.84. The van der Waals surface area contributed by atoms with E-state index in [9.17, 15) is 14.4 Å². The molecule has 3 aromatic heterocycles. The molecule has 0 bridgehead atoms. The van der Waals surface area contributed by atoms with Crippen LogP contribution in [0.15, 0.2) is 30.6 Å². The Hall–Kier alpha value is -3.97. The van der Waals surface area contributed by atoms with E-state index in [0.717, 1.165) is 31.6 Å². The number of benzene rings is 1. The van der Waals surface area contributed by atoms with Gasteiger partial charge < -0.3 is 19.9 Å². The number of imidazole rings is 1. The minimum absolute atomic E-state index is 0.0582. The topological polar surface area (TPSA) is 103 Å². The molecular formula is C26H27FN8O. The number of halogens is 1. The number of aromatic nitrogens is 4. The summed E-state index contributed by atoms with van der Waals surface area (Å²) < 4.78 is 17.8. The lowest BCUT2D eigenvalue weighted by atomic mass is 10.1. The van der Waals surface area contributed by atoms with Gasteiger partial charge in [-0.25, -0.2) is 9.37 Å². The summed E-state index contributed by atoms with van der Waals surface area (Å²) in [5, 5.41) is 22.0. The van der Waals surface area contributed by atoms with Gasteiger partial charge in [0.2, 0.25) is 0 Å². The minimum atomic E-state index is -0.476.